The molecule has 0 spiro atoms. The largest absolute Gasteiger partial charge is 0.469 e. The first-order chi connectivity index (χ1) is 12.9. The Morgan fingerprint density at radius 3 is 2.85 bits per heavy atom. The minimum Gasteiger partial charge on any atom is -0.469 e. The molecule has 2 bridgehead atoms. The van der Waals surface area contributed by atoms with Gasteiger partial charge in [0.05, 0.1) is 35.8 Å². The van der Waals surface area contributed by atoms with Crippen LogP contribution >= 0.6 is 11.3 Å². The highest BCUT2D eigenvalue weighted by Crippen LogP contribution is 2.52. The number of carbonyl (C=O) groups is 2. The predicted octanol–water partition coefficient (Wildman–Crippen LogP) is 1.89. The van der Waals surface area contributed by atoms with E-state index in [0.717, 1.165) is 29.8 Å². The first-order valence-electron chi connectivity index (χ1n) is 9.20. The second-order valence-electron chi connectivity index (χ2n) is 7.65. The molecule has 8 heteroatoms. The molecule has 0 radical (unpaired) electrons. The van der Waals surface area contributed by atoms with Crippen LogP contribution in [0.3, 0.4) is 0 Å². The van der Waals surface area contributed by atoms with Crippen LogP contribution in [0.5, 0.6) is 0 Å². The van der Waals surface area contributed by atoms with Crippen molar-refractivity contribution in [2.45, 2.75) is 51.1 Å². The summed E-state index contributed by atoms with van der Waals surface area (Å²) >= 11 is 1.52. The molecule has 0 N–H and O–H groups in total. The Bertz CT molecular complexity index is 862. The van der Waals surface area contributed by atoms with Crippen molar-refractivity contribution in [2.75, 3.05) is 7.11 Å². The molecule has 3 atom stereocenters. The number of hydrogen-bond acceptors (Lipinski definition) is 6. The molecule has 0 aromatic carbocycles. The van der Waals surface area contributed by atoms with Gasteiger partial charge in [0, 0.05) is 42.7 Å². The lowest BCUT2D eigenvalue weighted by molar-refractivity contribution is -0.155. The van der Waals surface area contributed by atoms with Crippen LogP contribution in [0, 0.1) is 12.3 Å². The fourth-order valence-electron chi connectivity index (χ4n) is 4.97. The monoisotopic (exact) mass is 388 g/mol. The lowest BCUT2D eigenvalue weighted by Gasteiger charge is -2.34. The highest BCUT2D eigenvalue weighted by Gasteiger charge is 2.61. The van der Waals surface area contributed by atoms with Crippen molar-refractivity contribution >= 4 is 23.2 Å². The number of esters is 1. The van der Waals surface area contributed by atoms with Crippen LogP contribution in [0.1, 0.15) is 36.2 Å². The van der Waals surface area contributed by atoms with E-state index in [0.29, 0.717) is 19.3 Å². The number of amides is 1. The maximum atomic E-state index is 13.2. The summed E-state index contributed by atoms with van der Waals surface area (Å²) in [6.45, 7) is 1.92. The number of aromatic nitrogens is 3. The summed E-state index contributed by atoms with van der Waals surface area (Å²) in [6.07, 6.45) is 5.17. The Morgan fingerprint density at radius 1 is 1.41 bits per heavy atom. The third kappa shape index (κ3) is 2.96. The normalized spacial score (nSPS) is 26.6. The lowest BCUT2D eigenvalue weighted by Crippen LogP contribution is -2.47. The lowest BCUT2D eigenvalue weighted by atomic mass is 9.71. The number of aryl methyl sites for hydroxylation is 2. The quantitative estimate of drug-likeness (QED) is 0.731. The first-order valence-corrected chi connectivity index (χ1v) is 10.1. The van der Waals surface area contributed by atoms with Gasteiger partial charge < -0.3 is 9.64 Å². The predicted molar refractivity (Wildman–Crippen MR) is 100 cm³/mol. The zero-order valence-corrected chi connectivity index (χ0v) is 16.7. The average Bonchev–Trinajstić information content (AvgIpc) is 3.39. The molecule has 27 heavy (non-hydrogen) atoms. The number of ether oxygens (including phenoxy) is 1. The van der Waals surface area contributed by atoms with Crippen LogP contribution in [-0.2, 0) is 34.2 Å². The van der Waals surface area contributed by atoms with Crippen LogP contribution < -0.4 is 0 Å². The standard InChI is InChI=1S/C19H24N4O3S/c1-12-13(9-22(2)21-12)6-17(24)23-15-4-5-16(23)19(8-15,18(25)26-3)7-14-10-27-11-20-14/h9-11,15-16H,4-8H2,1-3H3/t15-,16+,19+/m1/s1. The molecule has 2 saturated heterocycles. The third-order valence-corrected chi connectivity index (χ3v) is 6.69. The molecule has 0 unspecified atom stereocenters. The topological polar surface area (TPSA) is 77.3 Å². The fraction of sp³-hybridized carbons (Fsp3) is 0.579. The molecule has 2 aliphatic heterocycles. The van der Waals surface area contributed by atoms with Crippen molar-refractivity contribution in [2.24, 2.45) is 12.5 Å². The van der Waals surface area contributed by atoms with E-state index in [1.54, 1.807) is 10.2 Å². The van der Waals surface area contributed by atoms with Crippen molar-refractivity contribution in [1.29, 1.82) is 0 Å². The Balaban J connectivity index is 1.61. The van der Waals surface area contributed by atoms with Gasteiger partial charge in [-0.2, -0.15) is 5.10 Å². The number of hydrogen-bond donors (Lipinski definition) is 0. The van der Waals surface area contributed by atoms with Gasteiger partial charge in [-0.25, -0.2) is 4.98 Å². The Morgan fingerprint density at radius 2 is 2.22 bits per heavy atom. The van der Waals surface area contributed by atoms with Gasteiger partial charge in [-0.3, -0.25) is 14.3 Å². The summed E-state index contributed by atoms with van der Waals surface area (Å²) in [6, 6.07) is -0.0293. The van der Waals surface area contributed by atoms with Crippen LogP contribution in [0.2, 0.25) is 0 Å². The number of carbonyl (C=O) groups excluding carboxylic acids is 2. The number of methoxy groups -OCH3 is 1. The van der Waals surface area contributed by atoms with E-state index >= 15 is 0 Å². The molecule has 2 fully saturated rings. The van der Waals surface area contributed by atoms with Gasteiger partial charge in [-0.05, 0) is 26.2 Å². The molecular weight excluding hydrogens is 364 g/mol. The van der Waals surface area contributed by atoms with E-state index in [-0.39, 0.29) is 24.0 Å². The summed E-state index contributed by atoms with van der Waals surface area (Å²) in [7, 11) is 3.29. The summed E-state index contributed by atoms with van der Waals surface area (Å²) in [5.74, 6) is -0.152. The van der Waals surface area contributed by atoms with Crippen LogP contribution in [0.15, 0.2) is 17.1 Å². The van der Waals surface area contributed by atoms with Crippen molar-refractivity contribution in [3.05, 3.63) is 34.0 Å². The highest BCUT2D eigenvalue weighted by atomic mass is 32.1. The van der Waals surface area contributed by atoms with Crippen LogP contribution in [0.4, 0.5) is 0 Å². The van der Waals surface area contributed by atoms with Gasteiger partial charge in [-0.1, -0.05) is 0 Å². The minimum absolute atomic E-state index is 0.0719. The maximum Gasteiger partial charge on any atom is 0.314 e. The Hall–Kier alpha value is -2.22. The van der Waals surface area contributed by atoms with Gasteiger partial charge >= 0.3 is 5.97 Å². The van der Waals surface area contributed by atoms with Crippen molar-refractivity contribution < 1.29 is 14.3 Å². The van der Waals surface area contributed by atoms with E-state index in [4.69, 9.17) is 4.74 Å². The average molecular weight is 388 g/mol. The zero-order valence-electron chi connectivity index (χ0n) is 15.8. The van der Waals surface area contributed by atoms with E-state index in [1.165, 1.54) is 18.4 Å². The smallest absolute Gasteiger partial charge is 0.314 e. The number of rotatable bonds is 5. The van der Waals surface area contributed by atoms with Crippen LogP contribution in [-0.4, -0.2) is 50.7 Å². The van der Waals surface area contributed by atoms with Gasteiger partial charge in [0.15, 0.2) is 0 Å². The highest BCUT2D eigenvalue weighted by molar-refractivity contribution is 7.07. The maximum absolute atomic E-state index is 13.2. The molecule has 7 nitrogen and oxygen atoms in total. The summed E-state index contributed by atoms with van der Waals surface area (Å²) in [5.41, 5.74) is 3.80. The third-order valence-electron chi connectivity index (χ3n) is 6.06. The molecule has 0 saturated carbocycles. The Labute approximate surface area is 162 Å². The Kier molecular flexibility index (Phi) is 4.53. The summed E-state index contributed by atoms with van der Waals surface area (Å²) in [5, 5.41) is 6.30. The van der Waals surface area contributed by atoms with Crippen molar-refractivity contribution in [3.8, 4) is 0 Å². The van der Waals surface area contributed by atoms with Gasteiger partial charge in [0.1, 0.15) is 0 Å². The molecule has 4 heterocycles. The van der Waals surface area contributed by atoms with E-state index in [1.807, 2.05) is 30.4 Å². The van der Waals surface area contributed by atoms with E-state index in [9.17, 15) is 9.59 Å². The second-order valence-corrected chi connectivity index (χ2v) is 8.37. The molecule has 2 aromatic rings. The number of fused-ring (bicyclic) bond motifs is 2. The number of thiazole rings is 1. The fourth-order valence-corrected chi connectivity index (χ4v) is 5.53. The minimum atomic E-state index is -0.689. The summed E-state index contributed by atoms with van der Waals surface area (Å²) in [4.78, 5) is 32.3. The first kappa shape index (κ1) is 18.2. The molecule has 0 aliphatic carbocycles. The molecule has 4 rings (SSSR count). The molecule has 1 amide bonds. The summed E-state index contributed by atoms with van der Waals surface area (Å²) < 4.78 is 6.93. The van der Waals surface area contributed by atoms with Gasteiger partial charge in [0.2, 0.25) is 5.91 Å². The second kappa shape index (κ2) is 6.74. The molecule has 2 aliphatic rings. The van der Waals surface area contributed by atoms with Gasteiger partial charge in [-0.15, -0.1) is 11.3 Å². The molecule has 144 valence electrons. The SMILES string of the molecule is COC(=O)[C@@]1(Cc2cscn2)C[C@H]2CC[C@@H]1N2C(=O)Cc1cn(C)nc1C. The molecule has 2 aromatic heterocycles. The van der Waals surface area contributed by atoms with Crippen molar-refractivity contribution in [1.82, 2.24) is 19.7 Å². The van der Waals surface area contributed by atoms with Crippen LogP contribution in [0.25, 0.3) is 0 Å². The van der Waals surface area contributed by atoms with Crippen molar-refractivity contribution in [3.63, 3.8) is 0 Å². The number of nitrogens with zero attached hydrogens (tertiary/aromatic N) is 4. The molecular formula is C19H24N4O3S. The van der Waals surface area contributed by atoms with E-state index < -0.39 is 5.41 Å². The van der Waals surface area contributed by atoms with E-state index in [2.05, 4.69) is 10.1 Å². The zero-order chi connectivity index (χ0) is 19.2. The van der Waals surface area contributed by atoms with Gasteiger partial charge in [0.25, 0.3) is 0 Å².